The molecule has 0 saturated carbocycles. The van der Waals surface area contributed by atoms with Crippen molar-refractivity contribution >= 4 is 33.5 Å². The Labute approximate surface area is 113 Å². The van der Waals surface area contributed by atoms with E-state index in [2.05, 4.69) is 21.2 Å². The van der Waals surface area contributed by atoms with Gasteiger partial charge < -0.3 is 16.2 Å². The second kappa shape index (κ2) is 5.97. The Morgan fingerprint density at radius 1 is 1.39 bits per heavy atom. The molecule has 0 spiro atoms. The first-order chi connectivity index (χ1) is 8.32. The van der Waals surface area contributed by atoms with Gasteiger partial charge in [0.05, 0.1) is 17.3 Å². The molecule has 0 radical (unpaired) electrons. The van der Waals surface area contributed by atoms with E-state index in [0.717, 1.165) is 0 Å². The van der Waals surface area contributed by atoms with Crippen molar-refractivity contribution < 1.29 is 14.7 Å². The highest BCUT2D eigenvalue weighted by atomic mass is 79.9. The zero-order chi connectivity index (χ0) is 13.9. The molecule has 0 saturated heterocycles. The molecule has 1 unspecified atom stereocenters. The van der Waals surface area contributed by atoms with Gasteiger partial charge in [0.25, 0.3) is 0 Å². The van der Waals surface area contributed by atoms with Crippen molar-refractivity contribution in [2.24, 2.45) is 11.7 Å². The molecule has 0 aliphatic carbocycles. The van der Waals surface area contributed by atoms with Crippen LogP contribution in [0.5, 0.6) is 0 Å². The van der Waals surface area contributed by atoms with Gasteiger partial charge in [-0.05, 0) is 40.0 Å². The summed E-state index contributed by atoms with van der Waals surface area (Å²) in [5.41, 5.74) is 6.21. The predicted molar refractivity (Wildman–Crippen MR) is 72.5 cm³/mol. The van der Waals surface area contributed by atoms with Gasteiger partial charge in [0.2, 0.25) is 5.91 Å². The van der Waals surface area contributed by atoms with Crippen LogP contribution >= 0.6 is 15.9 Å². The highest BCUT2D eigenvalue weighted by Gasteiger charge is 2.18. The van der Waals surface area contributed by atoms with Crippen LogP contribution in [-0.4, -0.2) is 23.0 Å². The summed E-state index contributed by atoms with van der Waals surface area (Å²) in [7, 11) is 0. The van der Waals surface area contributed by atoms with Gasteiger partial charge in [-0.1, -0.05) is 13.8 Å². The lowest BCUT2D eigenvalue weighted by Crippen LogP contribution is -2.39. The summed E-state index contributed by atoms with van der Waals surface area (Å²) in [5, 5.41) is 11.5. The number of carboxylic acid groups (broad SMARTS) is 1. The summed E-state index contributed by atoms with van der Waals surface area (Å²) in [6.07, 6.45) is 0. The van der Waals surface area contributed by atoms with Crippen molar-refractivity contribution in [3.05, 3.63) is 28.2 Å². The second-order valence-electron chi connectivity index (χ2n) is 4.26. The van der Waals surface area contributed by atoms with Gasteiger partial charge >= 0.3 is 5.97 Å². The van der Waals surface area contributed by atoms with Gasteiger partial charge in [-0.3, -0.25) is 4.79 Å². The Morgan fingerprint density at radius 2 is 2.00 bits per heavy atom. The number of hydrogen-bond acceptors (Lipinski definition) is 3. The molecule has 1 rings (SSSR count). The molecular weight excluding hydrogens is 300 g/mol. The molecular formula is C12H15BrN2O3. The fourth-order valence-corrected chi connectivity index (χ4v) is 1.62. The standard InChI is InChI=1S/C12H15BrN2O3/c1-6(2)10(14)11(16)15-9-5-7(12(17)18)3-4-8(9)13/h3-6,10H,14H2,1-2H3,(H,15,16)(H,17,18). The Bertz CT molecular complexity index is 474. The van der Waals surface area contributed by atoms with Gasteiger partial charge in [-0.25, -0.2) is 4.79 Å². The number of carbonyl (C=O) groups excluding carboxylic acids is 1. The number of nitrogens with two attached hydrogens (primary N) is 1. The van der Waals surface area contributed by atoms with Crippen LogP contribution in [0.25, 0.3) is 0 Å². The zero-order valence-electron chi connectivity index (χ0n) is 10.1. The highest BCUT2D eigenvalue weighted by molar-refractivity contribution is 9.10. The van der Waals surface area contributed by atoms with Crippen molar-refractivity contribution in [3.63, 3.8) is 0 Å². The van der Waals surface area contributed by atoms with Gasteiger partial charge in [0.15, 0.2) is 0 Å². The quantitative estimate of drug-likeness (QED) is 0.793. The van der Waals surface area contributed by atoms with Crippen LogP contribution in [0.4, 0.5) is 5.69 Å². The Morgan fingerprint density at radius 3 is 2.50 bits per heavy atom. The van der Waals surface area contributed by atoms with Gasteiger partial charge in [0, 0.05) is 4.47 Å². The molecule has 0 aliphatic heterocycles. The van der Waals surface area contributed by atoms with E-state index in [1.165, 1.54) is 12.1 Å². The summed E-state index contributed by atoms with van der Waals surface area (Å²) in [6.45, 7) is 3.68. The average molecular weight is 315 g/mol. The smallest absolute Gasteiger partial charge is 0.335 e. The lowest BCUT2D eigenvalue weighted by molar-refractivity contribution is -0.118. The van der Waals surface area contributed by atoms with E-state index in [1.54, 1.807) is 6.07 Å². The minimum atomic E-state index is -1.05. The molecule has 18 heavy (non-hydrogen) atoms. The average Bonchev–Trinajstić information content (AvgIpc) is 2.30. The highest BCUT2D eigenvalue weighted by Crippen LogP contribution is 2.24. The van der Waals surface area contributed by atoms with Crippen LogP contribution < -0.4 is 11.1 Å². The normalized spacial score (nSPS) is 12.3. The molecule has 6 heteroatoms. The Hall–Kier alpha value is -1.40. The van der Waals surface area contributed by atoms with Gasteiger partial charge in [-0.15, -0.1) is 0 Å². The van der Waals surface area contributed by atoms with E-state index in [9.17, 15) is 9.59 Å². The summed E-state index contributed by atoms with van der Waals surface area (Å²) < 4.78 is 0.608. The lowest BCUT2D eigenvalue weighted by Gasteiger charge is -2.16. The Balaban J connectivity index is 2.93. The summed E-state index contributed by atoms with van der Waals surface area (Å²) in [4.78, 5) is 22.6. The van der Waals surface area contributed by atoms with Crippen molar-refractivity contribution in [3.8, 4) is 0 Å². The molecule has 1 aromatic rings. The number of hydrogen-bond donors (Lipinski definition) is 3. The van der Waals surface area contributed by atoms with Crippen molar-refractivity contribution in [2.75, 3.05) is 5.32 Å². The molecule has 1 amide bonds. The third-order valence-electron chi connectivity index (χ3n) is 2.49. The zero-order valence-corrected chi connectivity index (χ0v) is 11.7. The first-order valence-corrected chi connectivity index (χ1v) is 6.21. The first-order valence-electron chi connectivity index (χ1n) is 5.42. The molecule has 98 valence electrons. The lowest BCUT2D eigenvalue weighted by atomic mass is 10.0. The van der Waals surface area contributed by atoms with Crippen LogP contribution in [0, 0.1) is 5.92 Å². The van der Waals surface area contributed by atoms with Crippen LogP contribution in [0.2, 0.25) is 0 Å². The van der Waals surface area contributed by atoms with E-state index >= 15 is 0 Å². The number of carbonyl (C=O) groups is 2. The predicted octanol–water partition coefficient (Wildman–Crippen LogP) is 2.07. The molecule has 0 aromatic heterocycles. The van der Waals surface area contributed by atoms with Gasteiger partial charge in [0.1, 0.15) is 0 Å². The first kappa shape index (κ1) is 14.7. The molecule has 0 bridgehead atoms. The molecule has 0 aliphatic rings. The van der Waals surface area contributed by atoms with Crippen molar-refractivity contribution in [1.29, 1.82) is 0 Å². The van der Waals surface area contributed by atoms with Crippen LogP contribution in [0.15, 0.2) is 22.7 Å². The number of halogens is 1. The summed E-state index contributed by atoms with van der Waals surface area (Å²) in [5.74, 6) is -1.38. The molecule has 0 heterocycles. The maximum Gasteiger partial charge on any atom is 0.335 e. The molecule has 1 aromatic carbocycles. The number of anilines is 1. The van der Waals surface area contributed by atoms with Crippen LogP contribution in [-0.2, 0) is 4.79 Å². The number of aromatic carboxylic acids is 1. The second-order valence-corrected chi connectivity index (χ2v) is 5.11. The van der Waals surface area contributed by atoms with Crippen molar-refractivity contribution in [1.82, 2.24) is 0 Å². The largest absolute Gasteiger partial charge is 0.478 e. The fourth-order valence-electron chi connectivity index (χ4n) is 1.27. The van der Waals surface area contributed by atoms with E-state index in [4.69, 9.17) is 10.8 Å². The molecule has 4 N–H and O–H groups in total. The number of rotatable bonds is 4. The van der Waals surface area contributed by atoms with Gasteiger partial charge in [-0.2, -0.15) is 0 Å². The third-order valence-corrected chi connectivity index (χ3v) is 3.18. The SMILES string of the molecule is CC(C)C(N)C(=O)Nc1cc(C(=O)O)ccc1Br. The molecule has 0 fully saturated rings. The number of nitrogens with one attached hydrogen (secondary N) is 1. The van der Waals surface area contributed by atoms with Crippen LogP contribution in [0.3, 0.4) is 0 Å². The minimum Gasteiger partial charge on any atom is -0.478 e. The summed E-state index contributed by atoms with van der Waals surface area (Å²) in [6, 6.07) is 3.77. The summed E-state index contributed by atoms with van der Waals surface area (Å²) >= 11 is 3.25. The fraction of sp³-hybridized carbons (Fsp3) is 0.333. The monoisotopic (exact) mass is 314 g/mol. The molecule has 5 nitrogen and oxygen atoms in total. The van der Waals surface area contributed by atoms with Crippen LogP contribution in [0.1, 0.15) is 24.2 Å². The van der Waals surface area contributed by atoms with E-state index < -0.39 is 12.0 Å². The Kier molecular flexibility index (Phi) is 4.86. The van der Waals surface area contributed by atoms with Crippen molar-refractivity contribution in [2.45, 2.75) is 19.9 Å². The topological polar surface area (TPSA) is 92.4 Å². The number of amides is 1. The number of carboxylic acids is 1. The molecule has 1 atom stereocenters. The minimum absolute atomic E-state index is 0.00596. The third kappa shape index (κ3) is 3.54. The van der Waals surface area contributed by atoms with E-state index in [1.807, 2.05) is 13.8 Å². The maximum atomic E-state index is 11.8. The van der Waals surface area contributed by atoms with E-state index in [-0.39, 0.29) is 17.4 Å². The van der Waals surface area contributed by atoms with E-state index in [0.29, 0.717) is 10.2 Å². The number of benzene rings is 1. The maximum absolute atomic E-state index is 11.8.